The van der Waals surface area contributed by atoms with Gasteiger partial charge in [-0.1, -0.05) is 37.8 Å². The number of hydrogen-bond acceptors (Lipinski definition) is 2. The number of carbonyl (C=O) groups excluding carboxylic acids is 1. The number of hydrogen-bond donors (Lipinski definition) is 1. The van der Waals surface area contributed by atoms with Gasteiger partial charge in [-0.3, -0.25) is 9.59 Å². The summed E-state index contributed by atoms with van der Waals surface area (Å²) in [7, 11) is 1.90. The van der Waals surface area contributed by atoms with Gasteiger partial charge in [-0.05, 0) is 57.3 Å². The SMILES string of the molecule is CC/C=C(\CCC(=O)N(C)C1CCC(C(=O)O)CC1)C1CCCCC1. The standard InChI is InChI=1S/C21H35NO3/c1-3-7-16(17-8-5-4-6-9-17)12-15-20(23)22(2)19-13-10-18(11-14-19)21(24)25/h7,17-19H,3-6,8-15H2,1-2H3,(H,24,25)/b16-7+. The van der Waals surface area contributed by atoms with E-state index >= 15 is 0 Å². The maximum atomic E-state index is 12.6. The first-order valence-corrected chi connectivity index (χ1v) is 10.2. The molecule has 1 amide bonds. The molecule has 0 atom stereocenters. The summed E-state index contributed by atoms with van der Waals surface area (Å²) in [5.41, 5.74) is 1.50. The summed E-state index contributed by atoms with van der Waals surface area (Å²) in [5.74, 6) is 0.00815. The fourth-order valence-corrected chi connectivity index (χ4v) is 4.55. The van der Waals surface area contributed by atoms with Crippen LogP contribution in [-0.4, -0.2) is 35.0 Å². The van der Waals surface area contributed by atoms with Crippen molar-refractivity contribution in [1.82, 2.24) is 4.90 Å². The zero-order valence-corrected chi connectivity index (χ0v) is 16.0. The first-order valence-electron chi connectivity index (χ1n) is 10.2. The molecule has 0 aromatic heterocycles. The van der Waals surface area contributed by atoms with Crippen molar-refractivity contribution in [2.75, 3.05) is 7.05 Å². The Morgan fingerprint density at radius 3 is 2.16 bits per heavy atom. The summed E-state index contributed by atoms with van der Waals surface area (Å²) in [6, 6.07) is 0.219. The second-order valence-corrected chi connectivity index (χ2v) is 7.87. The van der Waals surface area contributed by atoms with Crippen LogP contribution in [-0.2, 0) is 9.59 Å². The summed E-state index contributed by atoms with van der Waals surface area (Å²) >= 11 is 0. The van der Waals surface area contributed by atoms with Crippen LogP contribution in [0, 0.1) is 11.8 Å². The van der Waals surface area contributed by atoms with E-state index in [1.807, 2.05) is 11.9 Å². The minimum Gasteiger partial charge on any atom is -0.481 e. The lowest BCUT2D eigenvalue weighted by molar-refractivity contribution is -0.143. The maximum absolute atomic E-state index is 12.6. The molecule has 25 heavy (non-hydrogen) atoms. The Balaban J connectivity index is 1.81. The van der Waals surface area contributed by atoms with Crippen molar-refractivity contribution in [2.45, 2.75) is 90.0 Å². The van der Waals surface area contributed by atoms with Gasteiger partial charge in [0.15, 0.2) is 0 Å². The first-order chi connectivity index (χ1) is 12.0. The van der Waals surface area contributed by atoms with Crippen molar-refractivity contribution in [1.29, 1.82) is 0 Å². The van der Waals surface area contributed by atoms with Gasteiger partial charge >= 0.3 is 5.97 Å². The number of amides is 1. The normalized spacial score (nSPS) is 25.6. The van der Waals surface area contributed by atoms with Gasteiger partial charge in [0, 0.05) is 19.5 Å². The monoisotopic (exact) mass is 349 g/mol. The van der Waals surface area contributed by atoms with Crippen LogP contribution < -0.4 is 0 Å². The molecule has 0 unspecified atom stereocenters. The Kier molecular flexibility index (Phi) is 7.98. The predicted octanol–water partition coefficient (Wildman–Crippen LogP) is 4.79. The van der Waals surface area contributed by atoms with E-state index < -0.39 is 5.97 Å². The Labute approximate surface area is 152 Å². The Bertz CT molecular complexity index is 472. The number of nitrogens with zero attached hydrogens (tertiary/aromatic N) is 1. The van der Waals surface area contributed by atoms with E-state index in [-0.39, 0.29) is 17.9 Å². The van der Waals surface area contributed by atoms with Crippen LogP contribution in [0.5, 0.6) is 0 Å². The Morgan fingerprint density at radius 1 is 0.960 bits per heavy atom. The highest BCUT2D eigenvalue weighted by molar-refractivity contribution is 5.76. The van der Waals surface area contributed by atoms with E-state index in [0.717, 1.165) is 25.7 Å². The van der Waals surface area contributed by atoms with E-state index in [1.54, 1.807) is 0 Å². The van der Waals surface area contributed by atoms with E-state index in [1.165, 1.54) is 37.7 Å². The van der Waals surface area contributed by atoms with Crippen LogP contribution in [0.4, 0.5) is 0 Å². The molecule has 2 aliphatic rings. The average molecular weight is 350 g/mol. The van der Waals surface area contributed by atoms with Crippen LogP contribution in [0.15, 0.2) is 11.6 Å². The molecule has 2 fully saturated rings. The van der Waals surface area contributed by atoms with Crippen molar-refractivity contribution in [2.24, 2.45) is 11.8 Å². The van der Waals surface area contributed by atoms with E-state index in [4.69, 9.17) is 5.11 Å². The van der Waals surface area contributed by atoms with Gasteiger partial charge in [0.2, 0.25) is 5.91 Å². The molecule has 0 aromatic rings. The van der Waals surface area contributed by atoms with Gasteiger partial charge < -0.3 is 10.0 Å². The molecule has 2 rings (SSSR count). The summed E-state index contributed by atoms with van der Waals surface area (Å²) in [5, 5.41) is 9.11. The van der Waals surface area contributed by atoms with Gasteiger partial charge in [-0.2, -0.15) is 0 Å². The molecule has 0 bridgehead atoms. The molecule has 4 heteroatoms. The number of carboxylic acids is 1. The lowest BCUT2D eigenvalue weighted by Gasteiger charge is -2.34. The fourth-order valence-electron chi connectivity index (χ4n) is 4.55. The summed E-state index contributed by atoms with van der Waals surface area (Å²) in [4.78, 5) is 25.6. The van der Waals surface area contributed by atoms with Gasteiger partial charge in [0.1, 0.15) is 0 Å². The van der Waals surface area contributed by atoms with Gasteiger partial charge in [-0.15, -0.1) is 0 Å². The fraction of sp³-hybridized carbons (Fsp3) is 0.810. The van der Waals surface area contributed by atoms with Gasteiger partial charge in [-0.25, -0.2) is 0 Å². The Hall–Kier alpha value is -1.32. The van der Waals surface area contributed by atoms with Gasteiger partial charge in [0.25, 0.3) is 0 Å². The topological polar surface area (TPSA) is 57.6 Å². The molecular weight excluding hydrogens is 314 g/mol. The second kappa shape index (κ2) is 9.98. The van der Waals surface area contributed by atoms with Crippen LogP contribution in [0.1, 0.15) is 84.0 Å². The molecule has 4 nitrogen and oxygen atoms in total. The maximum Gasteiger partial charge on any atom is 0.306 e. The molecule has 2 saturated carbocycles. The third-order valence-corrected chi connectivity index (χ3v) is 6.21. The highest BCUT2D eigenvalue weighted by Crippen LogP contribution is 2.33. The van der Waals surface area contributed by atoms with Crippen LogP contribution >= 0.6 is 0 Å². The van der Waals surface area contributed by atoms with Crippen LogP contribution in [0.3, 0.4) is 0 Å². The summed E-state index contributed by atoms with van der Waals surface area (Å²) in [6.45, 7) is 2.18. The number of rotatable bonds is 7. The minimum atomic E-state index is -0.686. The largest absolute Gasteiger partial charge is 0.481 e. The van der Waals surface area contributed by atoms with Crippen molar-refractivity contribution in [3.63, 3.8) is 0 Å². The number of allylic oxidation sites excluding steroid dienone is 2. The van der Waals surface area contributed by atoms with Crippen molar-refractivity contribution in [3.8, 4) is 0 Å². The molecule has 2 aliphatic carbocycles. The predicted molar refractivity (Wildman–Crippen MR) is 100 cm³/mol. The lowest BCUT2D eigenvalue weighted by Crippen LogP contribution is -2.40. The molecular formula is C21H35NO3. The Morgan fingerprint density at radius 2 is 1.60 bits per heavy atom. The first kappa shape index (κ1) is 20.0. The van der Waals surface area contributed by atoms with Crippen LogP contribution in [0.2, 0.25) is 0 Å². The number of carbonyl (C=O) groups is 2. The second-order valence-electron chi connectivity index (χ2n) is 7.87. The lowest BCUT2D eigenvalue weighted by atomic mass is 9.81. The number of aliphatic carboxylic acids is 1. The molecule has 0 saturated heterocycles. The highest BCUT2D eigenvalue weighted by atomic mass is 16.4. The van der Waals surface area contributed by atoms with E-state index in [9.17, 15) is 9.59 Å². The van der Waals surface area contributed by atoms with E-state index in [2.05, 4.69) is 13.0 Å². The van der Waals surface area contributed by atoms with Gasteiger partial charge in [0.05, 0.1) is 5.92 Å². The smallest absolute Gasteiger partial charge is 0.306 e. The molecule has 142 valence electrons. The third-order valence-electron chi connectivity index (χ3n) is 6.21. The molecule has 1 N–H and O–H groups in total. The van der Waals surface area contributed by atoms with Crippen molar-refractivity contribution < 1.29 is 14.7 Å². The summed E-state index contributed by atoms with van der Waals surface area (Å²) in [6.07, 6.45) is 14.5. The van der Waals surface area contributed by atoms with Crippen molar-refractivity contribution in [3.05, 3.63) is 11.6 Å². The zero-order valence-electron chi connectivity index (χ0n) is 16.0. The van der Waals surface area contributed by atoms with Crippen molar-refractivity contribution >= 4 is 11.9 Å². The molecule has 0 heterocycles. The molecule has 0 radical (unpaired) electrons. The van der Waals surface area contributed by atoms with E-state index in [0.29, 0.717) is 25.2 Å². The summed E-state index contributed by atoms with van der Waals surface area (Å²) < 4.78 is 0. The number of carboxylic acid groups (broad SMARTS) is 1. The molecule has 0 aliphatic heterocycles. The minimum absolute atomic E-state index is 0.217. The average Bonchev–Trinajstić information content (AvgIpc) is 2.65. The zero-order chi connectivity index (χ0) is 18.2. The molecule has 0 aromatic carbocycles. The van der Waals surface area contributed by atoms with Crippen LogP contribution in [0.25, 0.3) is 0 Å². The molecule has 0 spiro atoms. The third kappa shape index (κ3) is 5.86. The quantitative estimate of drug-likeness (QED) is 0.673. The highest BCUT2D eigenvalue weighted by Gasteiger charge is 2.29.